The van der Waals surface area contributed by atoms with Crippen LogP contribution in [0.1, 0.15) is 34.3 Å². The van der Waals surface area contributed by atoms with Gasteiger partial charge >= 0.3 is 0 Å². The fourth-order valence-corrected chi connectivity index (χ4v) is 3.63. The summed E-state index contributed by atoms with van der Waals surface area (Å²) in [5.41, 5.74) is 2.97. The van der Waals surface area contributed by atoms with Crippen LogP contribution in [0.5, 0.6) is 5.75 Å². The summed E-state index contributed by atoms with van der Waals surface area (Å²) < 4.78 is 5.33. The number of quaternary nitrogens is 1. The van der Waals surface area contributed by atoms with Crippen molar-refractivity contribution < 1.29 is 14.4 Å². The minimum absolute atomic E-state index is 0.0447. The molecule has 138 valence electrons. The minimum Gasteiger partial charge on any atom is -0.496 e. The predicted molar refractivity (Wildman–Crippen MR) is 104 cm³/mol. The van der Waals surface area contributed by atoms with Gasteiger partial charge in [-0.1, -0.05) is 35.4 Å². The Balaban J connectivity index is 1.53. The second-order valence-corrected chi connectivity index (χ2v) is 7.44. The molecule has 2 aromatic rings. The van der Waals surface area contributed by atoms with Gasteiger partial charge in [-0.05, 0) is 31.2 Å². The van der Waals surface area contributed by atoms with Gasteiger partial charge in [0.25, 0.3) is 5.91 Å². The number of rotatable bonds is 5. The zero-order valence-corrected chi connectivity index (χ0v) is 16.1. The molecular weight excluding hydrogens is 348 g/mol. The lowest BCUT2D eigenvalue weighted by atomic mass is 10.0. The van der Waals surface area contributed by atoms with Crippen LogP contribution in [-0.4, -0.2) is 32.1 Å². The van der Waals surface area contributed by atoms with E-state index in [1.54, 1.807) is 12.0 Å². The van der Waals surface area contributed by atoms with Crippen molar-refractivity contribution >= 4 is 17.5 Å². The van der Waals surface area contributed by atoms with Crippen LogP contribution in [0.25, 0.3) is 0 Å². The molecular formula is C21H26ClN2O2+. The largest absolute Gasteiger partial charge is 0.496 e. The zero-order chi connectivity index (χ0) is 18.5. The number of nitrogens with one attached hydrogen (secondary N) is 2. The molecule has 4 nitrogen and oxygen atoms in total. The molecule has 2 N–H and O–H groups in total. The monoisotopic (exact) mass is 373 g/mol. The SMILES string of the molecule is COc1ccc(C)cc1C(=O)NC1CC[NH+](Cc2ccc(Cl)cc2)CC1. The lowest BCUT2D eigenvalue weighted by Gasteiger charge is -2.30. The lowest BCUT2D eigenvalue weighted by molar-refractivity contribution is -0.918. The van der Waals surface area contributed by atoms with E-state index in [1.807, 2.05) is 37.3 Å². The average Bonchev–Trinajstić information content (AvgIpc) is 2.65. The quantitative estimate of drug-likeness (QED) is 0.846. The van der Waals surface area contributed by atoms with Gasteiger partial charge in [0, 0.05) is 29.5 Å². The van der Waals surface area contributed by atoms with Gasteiger partial charge in [-0.15, -0.1) is 0 Å². The Kier molecular flexibility index (Phi) is 6.17. The van der Waals surface area contributed by atoms with E-state index in [0.29, 0.717) is 11.3 Å². The molecule has 1 aliphatic heterocycles. The molecule has 26 heavy (non-hydrogen) atoms. The van der Waals surface area contributed by atoms with E-state index in [4.69, 9.17) is 16.3 Å². The van der Waals surface area contributed by atoms with Crippen molar-refractivity contribution in [3.63, 3.8) is 0 Å². The number of aryl methyl sites for hydroxylation is 1. The van der Waals surface area contributed by atoms with Gasteiger partial charge in [0.1, 0.15) is 12.3 Å². The van der Waals surface area contributed by atoms with Crippen LogP contribution >= 0.6 is 11.6 Å². The van der Waals surface area contributed by atoms with Crippen molar-refractivity contribution in [2.45, 2.75) is 32.4 Å². The van der Waals surface area contributed by atoms with E-state index in [1.165, 1.54) is 5.56 Å². The maximum absolute atomic E-state index is 12.6. The Bertz CT molecular complexity index is 753. The highest BCUT2D eigenvalue weighted by molar-refractivity contribution is 6.30. The molecule has 0 bridgehead atoms. The summed E-state index contributed by atoms with van der Waals surface area (Å²) in [6.07, 6.45) is 1.98. The number of benzene rings is 2. The number of carbonyl (C=O) groups excluding carboxylic acids is 1. The first kappa shape index (κ1) is 18.7. The number of hydrogen-bond donors (Lipinski definition) is 2. The van der Waals surface area contributed by atoms with E-state index < -0.39 is 0 Å². The third-order valence-corrected chi connectivity index (χ3v) is 5.25. The highest BCUT2D eigenvalue weighted by Crippen LogP contribution is 2.20. The van der Waals surface area contributed by atoms with Crippen LogP contribution in [0.15, 0.2) is 42.5 Å². The van der Waals surface area contributed by atoms with Crippen LogP contribution in [0.2, 0.25) is 5.02 Å². The Morgan fingerprint density at radius 3 is 2.54 bits per heavy atom. The zero-order valence-electron chi connectivity index (χ0n) is 15.3. The summed E-state index contributed by atoms with van der Waals surface area (Å²) in [6.45, 7) is 5.09. The van der Waals surface area contributed by atoms with Crippen LogP contribution in [0, 0.1) is 6.92 Å². The van der Waals surface area contributed by atoms with E-state index in [9.17, 15) is 4.79 Å². The third kappa shape index (κ3) is 4.77. The van der Waals surface area contributed by atoms with Crippen LogP contribution in [0.4, 0.5) is 0 Å². The topological polar surface area (TPSA) is 42.8 Å². The van der Waals surface area contributed by atoms with Crippen LogP contribution in [0.3, 0.4) is 0 Å². The number of hydrogen-bond acceptors (Lipinski definition) is 2. The number of likely N-dealkylation sites (tertiary alicyclic amines) is 1. The molecule has 3 rings (SSSR count). The molecule has 5 heteroatoms. The van der Waals surface area contributed by atoms with Gasteiger partial charge in [-0.3, -0.25) is 4.79 Å². The maximum atomic E-state index is 12.6. The van der Waals surface area contributed by atoms with Crippen molar-refractivity contribution in [3.05, 3.63) is 64.2 Å². The number of piperidine rings is 1. The molecule has 0 radical (unpaired) electrons. The fraction of sp³-hybridized carbons (Fsp3) is 0.381. The second-order valence-electron chi connectivity index (χ2n) is 7.00. The highest BCUT2D eigenvalue weighted by atomic mass is 35.5. The first-order chi connectivity index (χ1) is 12.5. The smallest absolute Gasteiger partial charge is 0.255 e. The number of methoxy groups -OCH3 is 1. The molecule has 0 atom stereocenters. The van der Waals surface area contributed by atoms with E-state index in [0.717, 1.165) is 43.1 Å². The normalized spacial score (nSPS) is 19.8. The molecule has 1 heterocycles. The summed E-state index contributed by atoms with van der Waals surface area (Å²) >= 11 is 5.95. The Labute approximate surface area is 160 Å². The molecule has 0 saturated carbocycles. The third-order valence-electron chi connectivity index (χ3n) is 4.99. The molecule has 1 saturated heterocycles. The molecule has 1 aliphatic rings. The Morgan fingerprint density at radius 1 is 1.19 bits per heavy atom. The summed E-state index contributed by atoms with van der Waals surface area (Å²) in [6, 6.07) is 14.0. The molecule has 1 amide bonds. The molecule has 1 fully saturated rings. The lowest BCUT2D eigenvalue weighted by Crippen LogP contribution is -3.12. The minimum atomic E-state index is -0.0447. The van der Waals surface area contributed by atoms with Gasteiger partial charge < -0.3 is 15.0 Å². The van der Waals surface area contributed by atoms with Crippen molar-refractivity contribution in [2.75, 3.05) is 20.2 Å². The van der Waals surface area contributed by atoms with Crippen molar-refractivity contribution in [2.24, 2.45) is 0 Å². The van der Waals surface area contributed by atoms with Crippen LogP contribution < -0.4 is 15.0 Å². The first-order valence-electron chi connectivity index (χ1n) is 9.08. The average molecular weight is 374 g/mol. The number of amides is 1. The number of halogens is 1. The maximum Gasteiger partial charge on any atom is 0.255 e. The van der Waals surface area contributed by atoms with Crippen LogP contribution in [-0.2, 0) is 6.54 Å². The first-order valence-corrected chi connectivity index (χ1v) is 9.46. The second kappa shape index (κ2) is 8.56. The molecule has 0 unspecified atom stereocenters. The number of carbonyl (C=O) groups is 1. The molecule has 0 spiro atoms. The predicted octanol–water partition coefficient (Wildman–Crippen LogP) is 2.63. The van der Waals surface area contributed by atoms with E-state index in [2.05, 4.69) is 17.4 Å². The van der Waals surface area contributed by atoms with Gasteiger partial charge in [-0.25, -0.2) is 0 Å². The van der Waals surface area contributed by atoms with Gasteiger partial charge in [0.15, 0.2) is 0 Å². The Hall–Kier alpha value is -2.04. The fourth-order valence-electron chi connectivity index (χ4n) is 3.50. The van der Waals surface area contributed by atoms with Gasteiger partial charge in [0.05, 0.1) is 25.8 Å². The van der Waals surface area contributed by atoms with Crippen molar-refractivity contribution in [3.8, 4) is 5.75 Å². The standard InChI is InChI=1S/C21H25ClN2O2/c1-15-3-8-20(26-2)19(13-15)21(25)23-18-9-11-24(12-10-18)14-16-4-6-17(22)7-5-16/h3-8,13,18H,9-12,14H2,1-2H3,(H,23,25)/p+1. The number of ether oxygens (including phenoxy) is 1. The van der Waals surface area contributed by atoms with Crippen molar-refractivity contribution in [1.29, 1.82) is 0 Å². The van der Waals surface area contributed by atoms with E-state index in [-0.39, 0.29) is 11.9 Å². The summed E-state index contributed by atoms with van der Waals surface area (Å²) in [5.74, 6) is 0.579. The summed E-state index contributed by atoms with van der Waals surface area (Å²) in [7, 11) is 1.60. The van der Waals surface area contributed by atoms with Gasteiger partial charge in [0.2, 0.25) is 0 Å². The van der Waals surface area contributed by atoms with Crippen molar-refractivity contribution in [1.82, 2.24) is 5.32 Å². The molecule has 0 aromatic heterocycles. The molecule has 2 aromatic carbocycles. The Morgan fingerprint density at radius 2 is 1.88 bits per heavy atom. The van der Waals surface area contributed by atoms with Gasteiger partial charge in [-0.2, -0.15) is 0 Å². The summed E-state index contributed by atoms with van der Waals surface area (Å²) in [4.78, 5) is 14.2. The van der Waals surface area contributed by atoms with E-state index >= 15 is 0 Å². The molecule has 0 aliphatic carbocycles. The summed E-state index contributed by atoms with van der Waals surface area (Å²) in [5, 5.41) is 3.95. The highest BCUT2D eigenvalue weighted by Gasteiger charge is 2.24.